The Morgan fingerprint density at radius 3 is 2.28 bits per heavy atom. The lowest BCUT2D eigenvalue weighted by atomic mass is 9.80. The molecule has 3 aromatic carbocycles. The maximum absolute atomic E-state index is 2.48. The molecule has 0 heterocycles. The van der Waals surface area contributed by atoms with Crippen LogP contribution in [0.4, 0.5) is 0 Å². The molecule has 4 aliphatic rings. The Bertz CT molecular complexity index is 1920. The predicted octanol–water partition coefficient (Wildman–Crippen LogP) is 12.9. The minimum Gasteiger partial charge on any atom is -0.0842 e. The molecule has 0 N–H and O–H groups in total. The van der Waals surface area contributed by atoms with Gasteiger partial charge < -0.3 is 0 Å². The first-order chi connectivity index (χ1) is 23.1. The number of fused-ring (bicyclic) bond motifs is 1. The molecule has 0 saturated carbocycles. The second kappa shape index (κ2) is 14.0. The minimum atomic E-state index is 0.314. The van der Waals surface area contributed by atoms with Gasteiger partial charge in [-0.25, -0.2) is 0 Å². The molecule has 0 radical (unpaired) electrons. The first-order valence-electron chi connectivity index (χ1n) is 17.6. The summed E-state index contributed by atoms with van der Waals surface area (Å²) in [6.07, 6.45) is 36.3. The molecule has 234 valence electrons. The monoisotopic (exact) mass is 610 g/mol. The minimum absolute atomic E-state index is 0.314. The second-order valence-corrected chi connectivity index (χ2v) is 13.5. The van der Waals surface area contributed by atoms with Crippen LogP contribution in [0.1, 0.15) is 73.8 Å². The standard InChI is InChI=1S/C47H46/c1-4-33(2)45-20-11-12-21-46(45)47-32-41(23-22-34(47)3)37-18-13-19-39-28-40(27-26-38(39)25-24-37)44-30-42(35-14-7-5-8-15-35)29-43(31-44)36-16-9-6-10-17-36/h5-9,13-16,18-33,38-39H,4,10-12,17H2,1-3H3/b19-13+,25-24-,37-18+. The van der Waals surface area contributed by atoms with Crippen LogP contribution in [0.25, 0.3) is 33.4 Å². The molecule has 3 unspecified atom stereocenters. The molecule has 4 aliphatic carbocycles. The van der Waals surface area contributed by atoms with E-state index < -0.39 is 0 Å². The molecule has 0 aliphatic heterocycles. The zero-order valence-corrected chi connectivity index (χ0v) is 28.1. The molecule has 0 amide bonds. The summed E-state index contributed by atoms with van der Waals surface area (Å²) in [5, 5.41) is 0. The van der Waals surface area contributed by atoms with E-state index in [0.29, 0.717) is 17.8 Å². The van der Waals surface area contributed by atoms with Crippen molar-refractivity contribution in [3.63, 3.8) is 0 Å². The molecule has 0 heteroatoms. The van der Waals surface area contributed by atoms with Crippen LogP contribution >= 0.6 is 0 Å². The van der Waals surface area contributed by atoms with Gasteiger partial charge in [-0.1, -0.05) is 135 Å². The van der Waals surface area contributed by atoms with Crippen LogP contribution in [0.3, 0.4) is 0 Å². The van der Waals surface area contributed by atoms with Gasteiger partial charge in [0.15, 0.2) is 0 Å². The molecule has 0 saturated heterocycles. The number of allylic oxidation sites excluding steroid dienone is 18. The highest BCUT2D eigenvalue weighted by Crippen LogP contribution is 2.39. The van der Waals surface area contributed by atoms with Gasteiger partial charge in [0, 0.05) is 11.8 Å². The van der Waals surface area contributed by atoms with Gasteiger partial charge in [-0.2, -0.15) is 0 Å². The van der Waals surface area contributed by atoms with Gasteiger partial charge in [0.25, 0.3) is 0 Å². The Kier molecular flexibility index (Phi) is 9.20. The van der Waals surface area contributed by atoms with E-state index in [1.165, 1.54) is 73.2 Å². The lowest BCUT2D eigenvalue weighted by molar-refractivity contribution is 0.666. The molecule has 7 rings (SSSR count). The van der Waals surface area contributed by atoms with Crippen molar-refractivity contribution in [2.75, 3.05) is 0 Å². The quantitative estimate of drug-likeness (QED) is 0.250. The topological polar surface area (TPSA) is 0 Å². The van der Waals surface area contributed by atoms with Crippen LogP contribution in [-0.2, 0) is 0 Å². The molecule has 0 spiro atoms. The van der Waals surface area contributed by atoms with Crippen molar-refractivity contribution in [1.82, 2.24) is 0 Å². The Morgan fingerprint density at radius 1 is 0.681 bits per heavy atom. The van der Waals surface area contributed by atoms with Crippen molar-refractivity contribution in [1.29, 1.82) is 0 Å². The molecule has 0 bridgehead atoms. The third-order valence-electron chi connectivity index (χ3n) is 10.4. The Balaban J connectivity index is 1.19. The highest BCUT2D eigenvalue weighted by molar-refractivity contribution is 5.86. The van der Waals surface area contributed by atoms with E-state index in [0.717, 1.165) is 25.7 Å². The summed E-state index contributed by atoms with van der Waals surface area (Å²) in [5.41, 5.74) is 16.1. The summed E-state index contributed by atoms with van der Waals surface area (Å²) in [6.45, 7) is 6.93. The second-order valence-electron chi connectivity index (χ2n) is 13.5. The Hall–Kier alpha value is -4.68. The fraction of sp³-hybridized carbons (Fsp3) is 0.234. The lowest BCUT2D eigenvalue weighted by Gasteiger charge is -2.24. The summed E-state index contributed by atoms with van der Waals surface area (Å²) in [6, 6.07) is 25.0. The molecule has 0 nitrogen and oxygen atoms in total. The zero-order chi connectivity index (χ0) is 32.2. The number of hydrogen-bond donors (Lipinski definition) is 0. The SMILES string of the molecule is CCC(C)C1=CCCC=C1c1cc(C2=C/C=C/C3C=C(c4cc(C5=CC=CCC5)cc(-c5ccccc5)c4)C=CC3/C=C\2)ccc1C. The maximum atomic E-state index is 2.48. The van der Waals surface area contributed by atoms with Crippen LogP contribution < -0.4 is 0 Å². The third-order valence-corrected chi connectivity index (χ3v) is 10.4. The van der Waals surface area contributed by atoms with Crippen molar-refractivity contribution in [2.24, 2.45) is 17.8 Å². The fourth-order valence-corrected chi connectivity index (χ4v) is 7.39. The van der Waals surface area contributed by atoms with Gasteiger partial charge in [0.05, 0.1) is 0 Å². The van der Waals surface area contributed by atoms with Crippen molar-refractivity contribution < 1.29 is 0 Å². The molecule has 47 heavy (non-hydrogen) atoms. The molecule has 0 aromatic heterocycles. The normalized spacial score (nSPS) is 23.5. The Labute approximate surface area is 282 Å². The average molecular weight is 611 g/mol. The molecule has 0 fully saturated rings. The first-order valence-corrected chi connectivity index (χ1v) is 17.6. The highest BCUT2D eigenvalue weighted by Gasteiger charge is 2.21. The number of rotatable bonds is 7. The lowest BCUT2D eigenvalue weighted by Crippen LogP contribution is -2.10. The van der Waals surface area contributed by atoms with Gasteiger partial charge in [-0.15, -0.1) is 0 Å². The van der Waals surface area contributed by atoms with Gasteiger partial charge in [0.1, 0.15) is 0 Å². The summed E-state index contributed by atoms with van der Waals surface area (Å²) in [7, 11) is 0. The number of hydrogen-bond acceptors (Lipinski definition) is 0. The number of benzene rings is 3. The van der Waals surface area contributed by atoms with Gasteiger partial charge in [0.2, 0.25) is 0 Å². The average Bonchev–Trinajstić information content (AvgIpc) is 3.12. The van der Waals surface area contributed by atoms with Crippen LogP contribution in [0.2, 0.25) is 0 Å². The van der Waals surface area contributed by atoms with E-state index in [9.17, 15) is 0 Å². The van der Waals surface area contributed by atoms with Crippen molar-refractivity contribution in [3.8, 4) is 11.1 Å². The van der Waals surface area contributed by atoms with E-state index in [2.05, 4.69) is 166 Å². The number of aryl methyl sites for hydroxylation is 1. The molecular formula is C47H46. The van der Waals surface area contributed by atoms with Crippen molar-refractivity contribution in [2.45, 2.75) is 52.9 Å². The van der Waals surface area contributed by atoms with E-state index in [-0.39, 0.29) is 0 Å². The van der Waals surface area contributed by atoms with Crippen LogP contribution in [0, 0.1) is 24.7 Å². The van der Waals surface area contributed by atoms with Gasteiger partial charge in [-0.05, 0) is 136 Å². The predicted molar refractivity (Wildman–Crippen MR) is 205 cm³/mol. The Morgan fingerprint density at radius 2 is 1.47 bits per heavy atom. The van der Waals surface area contributed by atoms with Crippen LogP contribution in [-0.4, -0.2) is 0 Å². The van der Waals surface area contributed by atoms with E-state index in [1.807, 2.05) is 0 Å². The summed E-state index contributed by atoms with van der Waals surface area (Å²) >= 11 is 0. The van der Waals surface area contributed by atoms with E-state index in [4.69, 9.17) is 0 Å². The fourth-order valence-electron chi connectivity index (χ4n) is 7.39. The van der Waals surface area contributed by atoms with Gasteiger partial charge in [-0.3, -0.25) is 0 Å². The van der Waals surface area contributed by atoms with E-state index >= 15 is 0 Å². The van der Waals surface area contributed by atoms with Crippen LogP contribution in [0.15, 0.2) is 151 Å². The maximum Gasteiger partial charge on any atom is 0.00567 e. The summed E-state index contributed by atoms with van der Waals surface area (Å²) in [4.78, 5) is 0. The smallest absolute Gasteiger partial charge is 0.00567 e. The van der Waals surface area contributed by atoms with E-state index in [1.54, 1.807) is 0 Å². The highest BCUT2D eigenvalue weighted by atomic mass is 14.3. The first kappa shape index (κ1) is 30.9. The largest absolute Gasteiger partial charge is 0.0842 e. The zero-order valence-electron chi connectivity index (χ0n) is 28.1. The molecule has 3 atom stereocenters. The molecule has 3 aromatic rings. The van der Waals surface area contributed by atoms with Crippen LogP contribution in [0.5, 0.6) is 0 Å². The summed E-state index contributed by atoms with van der Waals surface area (Å²) in [5.74, 6) is 1.22. The summed E-state index contributed by atoms with van der Waals surface area (Å²) < 4.78 is 0. The molecular weight excluding hydrogens is 565 g/mol. The van der Waals surface area contributed by atoms with Gasteiger partial charge >= 0.3 is 0 Å². The van der Waals surface area contributed by atoms with Crippen molar-refractivity contribution >= 4 is 22.3 Å². The third kappa shape index (κ3) is 6.75. The van der Waals surface area contributed by atoms with Crippen molar-refractivity contribution in [3.05, 3.63) is 179 Å².